The van der Waals surface area contributed by atoms with Gasteiger partial charge in [0.1, 0.15) is 16.7 Å². The van der Waals surface area contributed by atoms with Crippen LogP contribution in [0, 0.1) is 0 Å². The van der Waals surface area contributed by atoms with Gasteiger partial charge in [-0.25, -0.2) is 8.42 Å². The van der Waals surface area contributed by atoms with E-state index in [1.807, 2.05) is 48.5 Å². The Bertz CT molecular complexity index is 2210. The molecule has 296 valence electrons. The summed E-state index contributed by atoms with van der Waals surface area (Å²) in [6.07, 6.45) is 11.5. The average Bonchev–Trinajstić information content (AvgIpc) is 3.45. The van der Waals surface area contributed by atoms with Crippen molar-refractivity contribution in [3.8, 4) is 0 Å². The minimum Gasteiger partial charge on any atom is -0.744 e. The SMILES string of the molecule is CCN1/C(=C/C=C/C=C/C2=[N+](CCCCCC(=O)O)c3ccc(S(=O)(=O)O)cc3C2(C)CCCS(=O)(=O)O)C(C)(CCOC)c2cc(S(=O)(=O)[O-])ccc21. The lowest BCUT2D eigenvalue weighted by atomic mass is 9.76. The molecule has 2 unspecified atom stereocenters. The highest BCUT2D eigenvalue weighted by molar-refractivity contribution is 7.86. The Kier molecular flexibility index (Phi) is 13.5. The molecule has 4 rings (SSSR count). The van der Waals surface area contributed by atoms with Crippen LogP contribution in [0.4, 0.5) is 11.4 Å². The van der Waals surface area contributed by atoms with Crippen molar-refractivity contribution in [3.05, 3.63) is 83.6 Å². The van der Waals surface area contributed by atoms with Crippen LogP contribution >= 0.6 is 0 Å². The molecular weight excluding hydrogens is 761 g/mol. The number of benzene rings is 2. The van der Waals surface area contributed by atoms with Gasteiger partial charge in [-0.1, -0.05) is 18.2 Å². The summed E-state index contributed by atoms with van der Waals surface area (Å²) in [5, 5.41) is 9.08. The van der Waals surface area contributed by atoms with Gasteiger partial charge in [0.25, 0.3) is 20.2 Å². The van der Waals surface area contributed by atoms with Gasteiger partial charge in [0.05, 0.1) is 21.0 Å². The normalized spacial score (nSPS) is 21.2. The molecule has 2 aromatic rings. The number of anilines is 1. The number of unbranched alkanes of at least 4 members (excludes halogenated alkanes) is 2. The van der Waals surface area contributed by atoms with E-state index in [1.165, 1.54) is 24.3 Å². The quantitative estimate of drug-likeness (QED) is 0.0708. The molecule has 14 nitrogen and oxygen atoms in total. The van der Waals surface area contributed by atoms with Crippen molar-refractivity contribution >= 4 is 53.4 Å². The fraction of sp³-hybridized carbons (Fsp3) is 0.459. The third-order valence-electron chi connectivity index (χ3n) is 10.2. The van der Waals surface area contributed by atoms with Crippen molar-refractivity contribution in [2.24, 2.45) is 0 Å². The monoisotopic (exact) mass is 808 g/mol. The molecule has 2 aromatic carbocycles. The van der Waals surface area contributed by atoms with E-state index in [1.54, 1.807) is 31.4 Å². The Balaban J connectivity index is 1.78. The molecule has 0 radical (unpaired) electrons. The van der Waals surface area contributed by atoms with Crippen LogP contribution in [-0.4, -0.2) is 92.8 Å². The van der Waals surface area contributed by atoms with Gasteiger partial charge in [0.15, 0.2) is 5.71 Å². The molecule has 0 aliphatic carbocycles. The first-order valence-electron chi connectivity index (χ1n) is 17.5. The standard InChI is InChI=1S/C37H48N2O12S3/c1-5-38-31-18-16-27(53(45,46)47)25-29(31)37(3,21-23-51-4)33(38)13-8-6-9-14-34-36(2,20-12-24-52(42,43)44)30-26-28(54(48,49)50)17-19-32(30)39(34)22-11-7-10-15-35(40)41/h6,8-9,13-14,16-19,25-26H,5,7,10-12,15,20-24H2,1-4H3,(H3-,40,41,42,43,44,45,46,47,48,49,50). The largest absolute Gasteiger partial charge is 0.744 e. The van der Waals surface area contributed by atoms with E-state index in [0.717, 1.165) is 11.4 Å². The summed E-state index contributed by atoms with van der Waals surface area (Å²) in [7, 11) is -12.0. The zero-order valence-electron chi connectivity index (χ0n) is 30.8. The predicted molar refractivity (Wildman–Crippen MR) is 203 cm³/mol. The van der Waals surface area contributed by atoms with Crippen LogP contribution in [0.5, 0.6) is 0 Å². The van der Waals surface area contributed by atoms with Crippen molar-refractivity contribution in [3.63, 3.8) is 0 Å². The summed E-state index contributed by atoms with van der Waals surface area (Å²) in [5.41, 5.74) is 2.56. The molecule has 2 heterocycles. The van der Waals surface area contributed by atoms with E-state index in [-0.39, 0.29) is 29.1 Å². The van der Waals surface area contributed by atoms with Crippen LogP contribution < -0.4 is 4.90 Å². The average molecular weight is 809 g/mol. The van der Waals surface area contributed by atoms with Crippen molar-refractivity contribution in [2.45, 2.75) is 86.3 Å². The molecule has 0 amide bonds. The van der Waals surface area contributed by atoms with Gasteiger partial charge in [0.2, 0.25) is 5.69 Å². The lowest BCUT2D eigenvalue weighted by molar-refractivity contribution is -0.438. The van der Waals surface area contributed by atoms with Gasteiger partial charge in [-0.15, -0.1) is 0 Å². The fourth-order valence-electron chi connectivity index (χ4n) is 7.48. The smallest absolute Gasteiger partial charge is 0.303 e. The maximum Gasteiger partial charge on any atom is 0.303 e. The van der Waals surface area contributed by atoms with Crippen molar-refractivity contribution in [1.29, 1.82) is 0 Å². The van der Waals surface area contributed by atoms with Gasteiger partial charge in [-0.2, -0.15) is 21.4 Å². The molecule has 2 aliphatic rings. The predicted octanol–water partition coefficient (Wildman–Crippen LogP) is 5.34. The Morgan fingerprint density at radius 3 is 2.19 bits per heavy atom. The van der Waals surface area contributed by atoms with Crippen molar-refractivity contribution < 1.29 is 58.1 Å². The highest BCUT2D eigenvalue weighted by Crippen LogP contribution is 2.50. The van der Waals surface area contributed by atoms with E-state index < -0.39 is 52.9 Å². The van der Waals surface area contributed by atoms with Crippen LogP contribution in [0.1, 0.15) is 76.8 Å². The molecule has 2 aliphatic heterocycles. The summed E-state index contributed by atoms with van der Waals surface area (Å²) < 4.78 is 110. The number of aliphatic carboxylic acids is 1. The second kappa shape index (κ2) is 17.0. The van der Waals surface area contributed by atoms with E-state index in [2.05, 4.69) is 0 Å². The third-order valence-corrected chi connectivity index (χ3v) is 12.7. The van der Waals surface area contributed by atoms with E-state index in [9.17, 15) is 43.7 Å². The van der Waals surface area contributed by atoms with Crippen LogP contribution in [0.2, 0.25) is 0 Å². The first kappa shape index (κ1) is 43.0. The first-order valence-corrected chi connectivity index (χ1v) is 22.0. The minimum atomic E-state index is -4.70. The topological polar surface area (TPSA) is 219 Å². The number of fused-ring (bicyclic) bond motifs is 2. The van der Waals surface area contributed by atoms with Gasteiger partial charge >= 0.3 is 5.97 Å². The minimum absolute atomic E-state index is 0.0163. The summed E-state index contributed by atoms with van der Waals surface area (Å²) in [6, 6.07) is 8.62. The molecule has 0 aromatic heterocycles. The van der Waals surface area contributed by atoms with Crippen LogP contribution in [0.25, 0.3) is 0 Å². The maximum atomic E-state index is 12.2. The molecule has 54 heavy (non-hydrogen) atoms. The number of carboxylic acids is 1. The summed E-state index contributed by atoms with van der Waals surface area (Å²) in [4.78, 5) is 12.5. The highest BCUT2D eigenvalue weighted by Gasteiger charge is 2.48. The lowest BCUT2D eigenvalue weighted by Crippen LogP contribution is -2.32. The van der Waals surface area contributed by atoms with Crippen molar-refractivity contribution in [2.75, 3.05) is 37.5 Å². The number of carboxylic acid groups (broad SMARTS) is 1. The number of carbonyl (C=O) groups is 1. The third kappa shape index (κ3) is 9.74. The lowest BCUT2D eigenvalue weighted by Gasteiger charge is -2.29. The van der Waals surface area contributed by atoms with Gasteiger partial charge in [-0.3, -0.25) is 13.9 Å². The van der Waals surface area contributed by atoms with Crippen LogP contribution in [-0.2, 0) is 50.7 Å². The Hall–Kier alpha value is -3.71. The van der Waals surface area contributed by atoms with Crippen molar-refractivity contribution in [1.82, 2.24) is 0 Å². The van der Waals surface area contributed by atoms with E-state index in [0.29, 0.717) is 67.9 Å². The molecule has 0 spiro atoms. The molecule has 0 saturated carbocycles. The zero-order chi connectivity index (χ0) is 40.1. The molecular formula is C37H48N2O12S3. The fourth-order valence-corrected chi connectivity index (χ4v) is 8.99. The Morgan fingerprint density at radius 2 is 1.57 bits per heavy atom. The molecule has 3 N–H and O–H groups in total. The number of nitrogens with zero attached hydrogens (tertiary/aromatic N) is 2. The molecule has 0 bridgehead atoms. The summed E-state index contributed by atoms with van der Waals surface area (Å²) in [6.45, 7) is 7.12. The van der Waals surface area contributed by atoms with E-state index in [4.69, 9.17) is 9.84 Å². The summed E-state index contributed by atoms with van der Waals surface area (Å²) in [5.74, 6) is -1.42. The number of likely N-dealkylation sites (N-methyl/N-ethyl adjacent to an activating group) is 1. The number of rotatable bonds is 19. The second-order valence-corrected chi connectivity index (χ2v) is 18.2. The first-order chi connectivity index (χ1) is 25.2. The molecule has 17 heteroatoms. The number of ether oxygens (including phenoxy) is 1. The molecule has 2 atom stereocenters. The van der Waals surface area contributed by atoms with Crippen LogP contribution in [0.15, 0.2) is 82.3 Å². The second-order valence-electron chi connectivity index (χ2n) is 13.9. The number of allylic oxidation sites excluding steroid dienone is 6. The summed E-state index contributed by atoms with van der Waals surface area (Å²) >= 11 is 0. The number of methoxy groups -OCH3 is 1. The number of hydrogen-bond donors (Lipinski definition) is 3. The Morgan fingerprint density at radius 1 is 0.889 bits per heavy atom. The number of hydrogen-bond acceptors (Lipinski definition) is 10. The maximum absolute atomic E-state index is 12.2. The Labute approximate surface area is 317 Å². The highest BCUT2D eigenvalue weighted by atomic mass is 32.2. The van der Waals surface area contributed by atoms with Gasteiger partial charge < -0.3 is 19.3 Å². The van der Waals surface area contributed by atoms with Gasteiger partial charge in [-0.05, 0) is 94.8 Å². The molecule has 0 fully saturated rings. The van der Waals surface area contributed by atoms with Crippen LogP contribution in [0.3, 0.4) is 0 Å². The molecule has 0 saturated heterocycles. The van der Waals surface area contributed by atoms with E-state index >= 15 is 0 Å². The zero-order valence-corrected chi connectivity index (χ0v) is 33.2. The van der Waals surface area contributed by atoms with Gasteiger partial charge in [0, 0.05) is 67.6 Å².